The molecule has 1 N–H and O–H groups in total. The van der Waals surface area contributed by atoms with Gasteiger partial charge in [-0.2, -0.15) is 0 Å². The molecular weight excluding hydrogens is 366 g/mol. The number of hydrogen-bond acceptors (Lipinski definition) is 4. The Kier molecular flexibility index (Phi) is 4.63. The number of nitrogens with zero attached hydrogens (tertiary/aromatic N) is 2. The highest BCUT2D eigenvalue weighted by Gasteiger charge is 2.37. The molecule has 0 fully saturated rings. The molecule has 144 valence electrons. The Morgan fingerprint density at radius 1 is 1.11 bits per heavy atom. The van der Waals surface area contributed by atoms with Gasteiger partial charge in [-0.1, -0.05) is 24.3 Å². The Labute approximate surface area is 159 Å². The first kappa shape index (κ1) is 19.2. The van der Waals surface area contributed by atoms with Gasteiger partial charge in [0.15, 0.2) is 0 Å². The van der Waals surface area contributed by atoms with Gasteiger partial charge in [-0.05, 0) is 38.3 Å². The van der Waals surface area contributed by atoms with Crippen molar-refractivity contribution in [3.8, 4) is 0 Å². The summed E-state index contributed by atoms with van der Waals surface area (Å²) in [6, 6.07) is 10.4. The van der Waals surface area contributed by atoms with E-state index in [0.29, 0.717) is 11.1 Å². The number of likely N-dealkylation sites (N-methyl/N-ethyl adjacent to an activating group) is 1. The van der Waals surface area contributed by atoms with E-state index in [1.54, 1.807) is 24.3 Å². The number of anilines is 1. The Morgan fingerprint density at radius 3 is 2.37 bits per heavy atom. The molecule has 0 unspecified atom stereocenters. The van der Waals surface area contributed by atoms with E-state index in [-0.39, 0.29) is 23.9 Å². The van der Waals surface area contributed by atoms with Crippen LogP contribution in [0, 0.1) is 0 Å². The molecule has 0 atom stereocenters. The molecule has 1 aliphatic rings. The van der Waals surface area contributed by atoms with E-state index in [4.69, 9.17) is 0 Å². The number of carbonyl (C=O) groups is 2. The average Bonchev–Trinajstić information content (AvgIpc) is 2.76. The third kappa shape index (κ3) is 3.62. The summed E-state index contributed by atoms with van der Waals surface area (Å²) < 4.78 is 26.9. The number of carbonyl (C=O) groups excluding carboxylic acids is 2. The molecule has 2 aromatic carbocycles. The van der Waals surface area contributed by atoms with Crippen molar-refractivity contribution in [2.45, 2.75) is 31.2 Å². The summed E-state index contributed by atoms with van der Waals surface area (Å²) in [6.07, 6.45) is 0. The number of benzene rings is 2. The molecule has 2 aromatic rings. The van der Waals surface area contributed by atoms with Crippen LogP contribution in [-0.4, -0.2) is 50.8 Å². The van der Waals surface area contributed by atoms with E-state index in [1.807, 2.05) is 32.9 Å². The highest BCUT2D eigenvalue weighted by Crippen LogP contribution is 2.41. The molecule has 8 heteroatoms. The monoisotopic (exact) mass is 389 g/mol. The SMILES string of the molecule is CN(CC(=O)NC(C)(C)C)C(=O)CN1c2cccc3cccc(c23)S1(=O)=O. The second-order valence-corrected chi connectivity index (χ2v) is 9.52. The number of amides is 2. The van der Waals surface area contributed by atoms with Crippen LogP contribution in [0.4, 0.5) is 5.69 Å². The van der Waals surface area contributed by atoms with Crippen LogP contribution in [0.2, 0.25) is 0 Å². The van der Waals surface area contributed by atoms with Crippen molar-refractivity contribution in [3.63, 3.8) is 0 Å². The molecule has 27 heavy (non-hydrogen) atoms. The summed E-state index contributed by atoms with van der Waals surface area (Å²) in [5.74, 6) is -0.750. The van der Waals surface area contributed by atoms with Crippen LogP contribution >= 0.6 is 0 Å². The van der Waals surface area contributed by atoms with Gasteiger partial charge in [0.05, 0.1) is 17.1 Å². The zero-order valence-electron chi connectivity index (χ0n) is 15.8. The molecule has 2 amide bonds. The quantitative estimate of drug-likeness (QED) is 0.863. The van der Waals surface area contributed by atoms with Crippen molar-refractivity contribution in [2.75, 3.05) is 24.4 Å². The molecule has 7 nitrogen and oxygen atoms in total. The van der Waals surface area contributed by atoms with Crippen molar-refractivity contribution in [1.29, 1.82) is 0 Å². The van der Waals surface area contributed by atoms with Crippen molar-refractivity contribution < 1.29 is 18.0 Å². The molecule has 0 saturated carbocycles. The lowest BCUT2D eigenvalue weighted by atomic mass is 10.1. The lowest BCUT2D eigenvalue weighted by Gasteiger charge is -2.25. The Bertz CT molecular complexity index is 1020. The second-order valence-electron chi connectivity index (χ2n) is 7.69. The zero-order valence-corrected chi connectivity index (χ0v) is 16.6. The topological polar surface area (TPSA) is 86.8 Å². The molecule has 0 aliphatic carbocycles. The van der Waals surface area contributed by atoms with Gasteiger partial charge in [-0.3, -0.25) is 13.9 Å². The van der Waals surface area contributed by atoms with Crippen LogP contribution in [0.3, 0.4) is 0 Å². The average molecular weight is 389 g/mol. The predicted molar refractivity (Wildman–Crippen MR) is 104 cm³/mol. The maximum atomic E-state index is 12.9. The van der Waals surface area contributed by atoms with Crippen molar-refractivity contribution >= 4 is 38.3 Å². The highest BCUT2D eigenvalue weighted by molar-refractivity contribution is 7.93. The molecule has 3 rings (SSSR count). The van der Waals surface area contributed by atoms with Crippen LogP contribution in [-0.2, 0) is 19.6 Å². The third-order valence-electron chi connectivity index (χ3n) is 4.28. The summed E-state index contributed by atoms with van der Waals surface area (Å²) in [6.45, 7) is 5.06. The lowest BCUT2D eigenvalue weighted by molar-refractivity contribution is -0.134. The van der Waals surface area contributed by atoms with Gasteiger partial charge in [0, 0.05) is 18.0 Å². The molecule has 1 aliphatic heterocycles. The van der Waals surface area contributed by atoms with Crippen LogP contribution < -0.4 is 9.62 Å². The van der Waals surface area contributed by atoms with Crippen molar-refractivity contribution in [3.05, 3.63) is 36.4 Å². The number of nitrogens with one attached hydrogen (secondary N) is 1. The summed E-state index contributed by atoms with van der Waals surface area (Å²) >= 11 is 0. The standard InChI is InChI=1S/C19H23N3O4S/c1-19(2,3)20-16(23)11-21(4)17(24)12-22-14-9-5-7-13-8-6-10-15(18(13)14)27(22,25)26/h5-10H,11-12H2,1-4H3,(H,20,23). The molecule has 0 saturated heterocycles. The maximum Gasteiger partial charge on any atom is 0.265 e. The van der Waals surface area contributed by atoms with Gasteiger partial charge < -0.3 is 10.2 Å². The minimum Gasteiger partial charge on any atom is -0.350 e. The molecule has 0 radical (unpaired) electrons. The van der Waals surface area contributed by atoms with Gasteiger partial charge in [0.25, 0.3) is 10.0 Å². The van der Waals surface area contributed by atoms with Crippen LogP contribution in [0.1, 0.15) is 20.8 Å². The van der Waals surface area contributed by atoms with E-state index in [1.165, 1.54) is 11.9 Å². The largest absolute Gasteiger partial charge is 0.350 e. The van der Waals surface area contributed by atoms with Gasteiger partial charge >= 0.3 is 0 Å². The third-order valence-corrected chi connectivity index (χ3v) is 6.08. The van der Waals surface area contributed by atoms with Gasteiger partial charge in [0.2, 0.25) is 11.8 Å². The molecule has 0 spiro atoms. The Morgan fingerprint density at radius 2 is 1.74 bits per heavy atom. The minimum absolute atomic E-state index is 0.138. The predicted octanol–water partition coefficient (Wildman–Crippen LogP) is 1.72. The molecule has 0 aromatic heterocycles. The van der Waals surface area contributed by atoms with Gasteiger partial charge in [-0.25, -0.2) is 8.42 Å². The molecule has 1 heterocycles. The smallest absolute Gasteiger partial charge is 0.265 e. The summed E-state index contributed by atoms with van der Waals surface area (Å²) in [5, 5.41) is 4.21. The Hall–Kier alpha value is -2.61. The zero-order chi connectivity index (χ0) is 20.0. The van der Waals surface area contributed by atoms with Gasteiger partial charge in [-0.15, -0.1) is 0 Å². The molecule has 0 bridgehead atoms. The Balaban J connectivity index is 1.81. The normalized spacial score (nSPS) is 15.0. The second kappa shape index (κ2) is 6.53. The number of rotatable bonds is 4. The highest BCUT2D eigenvalue weighted by atomic mass is 32.2. The van der Waals surface area contributed by atoms with Crippen molar-refractivity contribution in [2.24, 2.45) is 0 Å². The first-order valence-corrected chi connectivity index (χ1v) is 10.0. The van der Waals surface area contributed by atoms with Crippen molar-refractivity contribution in [1.82, 2.24) is 10.2 Å². The van der Waals surface area contributed by atoms with Gasteiger partial charge in [0.1, 0.15) is 6.54 Å². The number of hydrogen-bond donors (Lipinski definition) is 1. The summed E-state index contributed by atoms with van der Waals surface area (Å²) in [5.41, 5.74) is 0.0836. The summed E-state index contributed by atoms with van der Waals surface area (Å²) in [4.78, 5) is 26.1. The fraction of sp³-hybridized carbons (Fsp3) is 0.368. The first-order valence-electron chi connectivity index (χ1n) is 8.60. The number of sulfonamides is 1. The van der Waals surface area contributed by atoms with Crippen LogP contribution in [0.25, 0.3) is 10.8 Å². The van der Waals surface area contributed by atoms with E-state index in [0.717, 1.165) is 9.69 Å². The van der Waals surface area contributed by atoms with E-state index in [2.05, 4.69) is 5.32 Å². The van der Waals surface area contributed by atoms with E-state index < -0.39 is 21.5 Å². The van der Waals surface area contributed by atoms with E-state index in [9.17, 15) is 18.0 Å². The minimum atomic E-state index is -3.80. The first-order chi connectivity index (χ1) is 12.5. The van der Waals surface area contributed by atoms with Crippen LogP contribution in [0.15, 0.2) is 41.3 Å². The lowest BCUT2D eigenvalue weighted by Crippen LogP contribution is -2.48. The fourth-order valence-corrected chi connectivity index (χ4v) is 4.79. The van der Waals surface area contributed by atoms with Crippen LogP contribution in [0.5, 0.6) is 0 Å². The van der Waals surface area contributed by atoms with E-state index >= 15 is 0 Å². The molecular formula is C19H23N3O4S. The maximum absolute atomic E-state index is 12.9. The fourth-order valence-electron chi connectivity index (χ4n) is 3.13. The summed E-state index contributed by atoms with van der Waals surface area (Å²) in [7, 11) is -2.31.